The minimum absolute atomic E-state index is 0.276. The first-order chi connectivity index (χ1) is 16.4. The van der Waals surface area contributed by atoms with Crippen LogP contribution in [0, 0.1) is 11.7 Å². The van der Waals surface area contributed by atoms with Crippen molar-refractivity contribution in [2.24, 2.45) is 5.92 Å². The number of benzene rings is 1. The largest absolute Gasteiger partial charge is 0.382 e. The second kappa shape index (κ2) is 12.3. The maximum atomic E-state index is 13.4. The van der Waals surface area contributed by atoms with E-state index in [1.54, 1.807) is 29.1 Å². The average Bonchev–Trinajstić information content (AvgIpc) is 3.27. The molecule has 34 heavy (non-hydrogen) atoms. The van der Waals surface area contributed by atoms with Crippen LogP contribution < -0.4 is 5.32 Å². The van der Waals surface area contributed by atoms with Crippen molar-refractivity contribution in [1.82, 2.24) is 19.4 Å². The van der Waals surface area contributed by atoms with Crippen LogP contribution >= 0.6 is 0 Å². The summed E-state index contributed by atoms with van der Waals surface area (Å²) in [5.41, 5.74) is 4.77. The smallest absolute Gasteiger partial charge is 0.123 e. The first-order valence-electron chi connectivity index (χ1n) is 12.1. The van der Waals surface area contributed by atoms with E-state index in [1.807, 2.05) is 13.1 Å². The second-order valence-corrected chi connectivity index (χ2v) is 10.0. The number of hydrogen-bond acceptors (Lipinski definition) is 3. The Morgan fingerprint density at radius 3 is 2.68 bits per heavy atom. The zero-order valence-electron chi connectivity index (χ0n) is 20.8. The van der Waals surface area contributed by atoms with E-state index in [9.17, 15) is 8.60 Å². The van der Waals surface area contributed by atoms with Gasteiger partial charge in [-0.3, -0.25) is 0 Å². The van der Waals surface area contributed by atoms with Crippen molar-refractivity contribution < 1.29 is 8.60 Å². The Kier molecular flexibility index (Phi) is 9.42. The summed E-state index contributed by atoms with van der Waals surface area (Å²) in [6, 6.07) is 6.59. The molecule has 0 spiro atoms. The fourth-order valence-electron chi connectivity index (χ4n) is 4.75. The van der Waals surface area contributed by atoms with E-state index in [4.69, 9.17) is 0 Å². The summed E-state index contributed by atoms with van der Waals surface area (Å²) in [7, 11) is -0.935. The van der Waals surface area contributed by atoms with E-state index >= 15 is 0 Å². The highest BCUT2D eigenvalue weighted by Crippen LogP contribution is 2.30. The van der Waals surface area contributed by atoms with Gasteiger partial charge in [0.15, 0.2) is 0 Å². The van der Waals surface area contributed by atoms with Crippen LogP contribution in [-0.2, 0) is 11.0 Å². The molecule has 1 aliphatic heterocycles. The lowest BCUT2D eigenvalue weighted by Crippen LogP contribution is -2.45. The van der Waals surface area contributed by atoms with Gasteiger partial charge >= 0.3 is 0 Å². The molecular weight excluding hydrogens is 447 g/mol. The van der Waals surface area contributed by atoms with Gasteiger partial charge in [-0.05, 0) is 68.9 Å². The quantitative estimate of drug-likeness (QED) is 0.439. The molecule has 0 saturated carbocycles. The second-order valence-electron chi connectivity index (χ2n) is 8.64. The van der Waals surface area contributed by atoms with E-state index in [0.717, 1.165) is 67.0 Å². The van der Waals surface area contributed by atoms with Crippen molar-refractivity contribution in [3.8, 4) is 5.69 Å². The van der Waals surface area contributed by atoms with Gasteiger partial charge in [-0.25, -0.2) is 17.6 Å². The number of rotatable bonds is 10. The third kappa shape index (κ3) is 5.94. The average molecular weight is 485 g/mol. The topological polar surface area (TPSA) is 50.2 Å². The molecular formula is C27H37FN4OS. The van der Waals surface area contributed by atoms with Gasteiger partial charge in [0.25, 0.3) is 0 Å². The number of nitrogens with one attached hydrogen (secondary N) is 1. The Labute approximate surface area is 206 Å². The molecule has 1 N–H and O–H groups in total. The van der Waals surface area contributed by atoms with Crippen molar-refractivity contribution in [3.63, 3.8) is 0 Å². The molecule has 3 atom stereocenters. The molecule has 184 valence electrons. The van der Waals surface area contributed by atoms with Gasteiger partial charge in [0.05, 0.1) is 28.6 Å². The molecule has 1 aromatic carbocycles. The monoisotopic (exact) mass is 484 g/mol. The number of halogens is 1. The van der Waals surface area contributed by atoms with Crippen LogP contribution in [0.4, 0.5) is 4.39 Å². The lowest BCUT2D eigenvalue weighted by Gasteiger charge is -2.36. The number of hydrogen-bond donors (Lipinski definition) is 1. The Balaban J connectivity index is 1.91. The molecule has 0 amide bonds. The summed E-state index contributed by atoms with van der Waals surface area (Å²) < 4.78 is 29.4. The Hall–Kier alpha value is -2.51. The maximum absolute atomic E-state index is 13.4. The van der Waals surface area contributed by atoms with Crippen molar-refractivity contribution in [2.75, 3.05) is 19.3 Å². The molecule has 3 rings (SSSR count). The normalized spacial score (nSPS) is 19.6. The predicted molar refractivity (Wildman–Crippen MR) is 141 cm³/mol. The lowest BCUT2D eigenvalue weighted by molar-refractivity contribution is 0.226. The highest BCUT2D eigenvalue weighted by atomic mass is 32.2. The van der Waals surface area contributed by atoms with Gasteiger partial charge < -0.3 is 5.32 Å². The van der Waals surface area contributed by atoms with Gasteiger partial charge in [0.2, 0.25) is 0 Å². The summed E-state index contributed by atoms with van der Waals surface area (Å²) in [6.45, 7) is 12.2. The standard InChI is InChI=1S/C27H37FN4OS/c1-6-11-26(30-25(8-3)20-12-10-17-31(19-20)34(5)33)23(7-2)24-18-29-32(27(24)9-4)22-15-13-21(28)14-16-22/h7,9,11,13-16,18,20,25,30H,4,6,8,10,12,17,19H2,1-3,5H3/b23-7+,26-11+. The van der Waals surface area contributed by atoms with E-state index in [0.29, 0.717) is 5.92 Å². The number of nitrogens with zero attached hydrogens (tertiary/aromatic N) is 3. The van der Waals surface area contributed by atoms with Gasteiger partial charge in [0, 0.05) is 42.2 Å². The lowest BCUT2D eigenvalue weighted by atomic mass is 9.89. The van der Waals surface area contributed by atoms with E-state index in [1.165, 1.54) is 12.1 Å². The summed E-state index contributed by atoms with van der Waals surface area (Å²) in [6.07, 6.45) is 13.8. The highest BCUT2D eigenvalue weighted by molar-refractivity contribution is 7.81. The Morgan fingerprint density at radius 2 is 2.09 bits per heavy atom. The molecule has 0 aliphatic carbocycles. The molecule has 3 unspecified atom stereocenters. The molecule has 1 fully saturated rings. The van der Waals surface area contributed by atoms with Crippen LogP contribution in [0.25, 0.3) is 17.3 Å². The zero-order valence-corrected chi connectivity index (χ0v) is 21.6. The van der Waals surface area contributed by atoms with Crippen LogP contribution in [0.3, 0.4) is 0 Å². The van der Waals surface area contributed by atoms with Crippen LogP contribution in [0.15, 0.2) is 54.9 Å². The number of allylic oxidation sites excluding steroid dienone is 3. The Morgan fingerprint density at radius 1 is 1.35 bits per heavy atom. The maximum Gasteiger partial charge on any atom is 0.123 e. The van der Waals surface area contributed by atoms with E-state index in [2.05, 4.69) is 47.3 Å². The predicted octanol–water partition coefficient (Wildman–Crippen LogP) is 5.73. The fourth-order valence-corrected chi connectivity index (χ4v) is 5.53. The molecule has 1 aromatic heterocycles. The zero-order chi connectivity index (χ0) is 24.7. The van der Waals surface area contributed by atoms with Crippen molar-refractivity contribution >= 4 is 22.6 Å². The molecule has 0 radical (unpaired) electrons. The Bertz CT molecular complexity index is 1060. The number of aromatic nitrogens is 2. The fraction of sp³-hybridized carbons (Fsp3) is 0.444. The summed E-state index contributed by atoms with van der Waals surface area (Å²) >= 11 is 0. The molecule has 1 aliphatic rings. The van der Waals surface area contributed by atoms with Crippen molar-refractivity contribution in [1.29, 1.82) is 0 Å². The SMILES string of the molecule is C=Cc1c(C(=C\C)/C(=C\CC)NC(CC)C2CCCN(S(C)=O)C2)cnn1-c1ccc(F)cc1. The molecule has 2 heterocycles. The van der Waals surface area contributed by atoms with Crippen LogP contribution in [0.1, 0.15) is 57.7 Å². The van der Waals surface area contributed by atoms with E-state index in [-0.39, 0.29) is 11.9 Å². The van der Waals surface area contributed by atoms with Crippen LogP contribution in [-0.4, -0.2) is 43.7 Å². The molecule has 0 bridgehead atoms. The van der Waals surface area contributed by atoms with Gasteiger partial charge in [-0.1, -0.05) is 32.6 Å². The van der Waals surface area contributed by atoms with Crippen molar-refractivity contribution in [3.05, 3.63) is 72.0 Å². The summed E-state index contributed by atoms with van der Waals surface area (Å²) in [5, 5.41) is 8.44. The van der Waals surface area contributed by atoms with Gasteiger partial charge in [0.1, 0.15) is 5.82 Å². The van der Waals surface area contributed by atoms with Crippen molar-refractivity contribution in [2.45, 2.75) is 52.5 Å². The van der Waals surface area contributed by atoms with Gasteiger partial charge in [-0.2, -0.15) is 5.10 Å². The molecule has 7 heteroatoms. The molecule has 5 nitrogen and oxygen atoms in total. The first-order valence-corrected chi connectivity index (χ1v) is 13.6. The molecule has 2 aromatic rings. The number of piperidine rings is 1. The first kappa shape index (κ1) is 26.1. The van der Waals surface area contributed by atoms with Crippen LogP contribution in [0.2, 0.25) is 0 Å². The van der Waals surface area contributed by atoms with Crippen LogP contribution in [0.5, 0.6) is 0 Å². The third-order valence-corrected chi connectivity index (χ3v) is 7.54. The summed E-state index contributed by atoms with van der Waals surface area (Å²) in [4.78, 5) is 0. The summed E-state index contributed by atoms with van der Waals surface area (Å²) in [5.74, 6) is 0.156. The van der Waals surface area contributed by atoms with E-state index < -0.39 is 11.0 Å². The van der Waals surface area contributed by atoms with Gasteiger partial charge in [-0.15, -0.1) is 0 Å². The highest BCUT2D eigenvalue weighted by Gasteiger charge is 2.29. The third-order valence-electron chi connectivity index (χ3n) is 6.48. The molecule has 1 saturated heterocycles. The minimum Gasteiger partial charge on any atom is -0.382 e. The minimum atomic E-state index is -0.935.